The largest absolute Gasteiger partial charge is 0.377 e. The van der Waals surface area contributed by atoms with Gasteiger partial charge in [0.25, 0.3) is 0 Å². The van der Waals surface area contributed by atoms with Gasteiger partial charge in [0, 0.05) is 6.61 Å². The lowest BCUT2D eigenvalue weighted by molar-refractivity contribution is 0.159. The lowest BCUT2D eigenvalue weighted by atomic mass is 10.2. The minimum Gasteiger partial charge on any atom is -0.377 e. The van der Waals surface area contributed by atoms with E-state index in [4.69, 9.17) is 4.74 Å². The molecular formula is C12H22O. The van der Waals surface area contributed by atoms with Crippen molar-refractivity contribution in [1.82, 2.24) is 0 Å². The Bertz CT molecular complexity index is 127. The molecular weight excluding hydrogens is 160 g/mol. The molecule has 0 spiro atoms. The zero-order valence-electron chi connectivity index (χ0n) is 8.80. The summed E-state index contributed by atoms with van der Waals surface area (Å²) in [5.41, 5.74) is 0. The monoisotopic (exact) mass is 182 g/mol. The summed E-state index contributed by atoms with van der Waals surface area (Å²) in [6.07, 6.45) is 12.1. The molecule has 0 aliphatic rings. The highest BCUT2D eigenvalue weighted by Crippen LogP contribution is 1.96. The predicted molar refractivity (Wildman–Crippen MR) is 58.9 cm³/mol. The molecule has 0 aromatic carbocycles. The predicted octanol–water partition coefficient (Wildman–Crippen LogP) is 3.72. The van der Waals surface area contributed by atoms with Gasteiger partial charge in [-0.05, 0) is 25.7 Å². The van der Waals surface area contributed by atoms with E-state index >= 15 is 0 Å². The zero-order chi connectivity index (χ0) is 9.78. The van der Waals surface area contributed by atoms with E-state index in [1.165, 1.54) is 19.3 Å². The summed E-state index contributed by atoms with van der Waals surface area (Å²) >= 11 is 0. The van der Waals surface area contributed by atoms with Crippen LogP contribution in [-0.4, -0.2) is 13.2 Å². The maximum Gasteiger partial charge on any atom is 0.0647 e. The topological polar surface area (TPSA) is 9.23 Å². The van der Waals surface area contributed by atoms with Crippen molar-refractivity contribution in [3.63, 3.8) is 0 Å². The zero-order valence-corrected chi connectivity index (χ0v) is 8.80. The third-order valence-electron chi connectivity index (χ3n) is 1.80. The van der Waals surface area contributed by atoms with Crippen LogP contribution in [0.5, 0.6) is 0 Å². The first-order valence-electron chi connectivity index (χ1n) is 5.25. The summed E-state index contributed by atoms with van der Waals surface area (Å²) in [6.45, 7) is 7.52. The van der Waals surface area contributed by atoms with Gasteiger partial charge < -0.3 is 4.74 Å². The first-order valence-corrected chi connectivity index (χ1v) is 5.25. The van der Waals surface area contributed by atoms with Crippen LogP contribution in [0.4, 0.5) is 0 Å². The van der Waals surface area contributed by atoms with Gasteiger partial charge in [0.1, 0.15) is 0 Å². The maximum absolute atomic E-state index is 5.37. The Balaban J connectivity index is 2.98. The SMILES string of the molecule is C=CCCCC=CCOCCCC. The number of hydrogen-bond donors (Lipinski definition) is 0. The summed E-state index contributed by atoms with van der Waals surface area (Å²) in [6, 6.07) is 0. The molecule has 0 aromatic heterocycles. The fourth-order valence-corrected chi connectivity index (χ4v) is 0.964. The molecule has 0 radical (unpaired) electrons. The summed E-state index contributed by atoms with van der Waals surface area (Å²) in [5.74, 6) is 0. The van der Waals surface area contributed by atoms with Crippen molar-refractivity contribution in [2.75, 3.05) is 13.2 Å². The van der Waals surface area contributed by atoms with Crippen molar-refractivity contribution in [3.05, 3.63) is 24.8 Å². The highest BCUT2D eigenvalue weighted by molar-refractivity contribution is 4.82. The number of ether oxygens (including phenoxy) is 1. The molecule has 76 valence electrons. The molecule has 0 N–H and O–H groups in total. The molecule has 0 fully saturated rings. The molecule has 0 heterocycles. The maximum atomic E-state index is 5.37. The van der Waals surface area contributed by atoms with Gasteiger partial charge in [0.05, 0.1) is 6.61 Å². The van der Waals surface area contributed by atoms with E-state index in [0.717, 1.165) is 26.1 Å². The molecule has 0 aromatic rings. The van der Waals surface area contributed by atoms with Crippen LogP contribution in [-0.2, 0) is 4.74 Å². The molecule has 0 aliphatic carbocycles. The Hall–Kier alpha value is -0.560. The molecule has 13 heavy (non-hydrogen) atoms. The van der Waals surface area contributed by atoms with E-state index < -0.39 is 0 Å². The van der Waals surface area contributed by atoms with Gasteiger partial charge >= 0.3 is 0 Å². The Labute approximate surface area is 82.5 Å². The average Bonchev–Trinajstić information content (AvgIpc) is 2.16. The standard InChI is InChI=1S/C12H22O/c1-3-5-7-8-9-10-12-13-11-6-4-2/h3,9-10H,1,4-8,11-12H2,2H3. The van der Waals surface area contributed by atoms with E-state index in [9.17, 15) is 0 Å². The van der Waals surface area contributed by atoms with Crippen LogP contribution in [0.1, 0.15) is 39.0 Å². The van der Waals surface area contributed by atoms with Gasteiger partial charge in [-0.2, -0.15) is 0 Å². The highest BCUT2D eigenvalue weighted by Gasteiger charge is 1.83. The van der Waals surface area contributed by atoms with Gasteiger partial charge in [0.15, 0.2) is 0 Å². The molecule has 0 rings (SSSR count). The lowest BCUT2D eigenvalue weighted by Gasteiger charge is -1.97. The first-order chi connectivity index (χ1) is 6.41. The van der Waals surface area contributed by atoms with Crippen molar-refractivity contribution < 1.29 is 4.74 Å². The molecule has 1 nitrogen and oxygen atoms in total. The second kappa shape index (κ2) is 11.4. The van der Waals surface area contributed by atoms with Crippen molar-refractivity contribution >= 4 is 0 Å². The second-order valence-corrected chi connectivity index (χ2v) is 3.12. The van der Waals surface area contributed by atoms with Gasteiger partial charge in [-0.15, -0.1) is 6.58 Å². The van der Waals surface area contributed by atoms with Crippen LogP contribution < -0.4 is 0 Å². The molecule has 0 atom stereocenters. The number of rotatable bonds is 9. The minimum absolute atomic E-state index is 0.772. The van der Waals surface area contributed by atoms with Crippen LogP contribution in [0.2, 0.25) is 0 Å². The Morgan fingerprint density at radius 2 is 2.00 bits per heavy atom. The molecule has 0 amide bonds. The van der Waals surface area contributed by atoms with Gasteiger partial charge in [0.2, 0.25) is 0 Å². The summed E-state index contributed by atoms with van der Waals surface area (Å²) in [4.78, 5) is 0. The van der Waals surface area contributed by atoms with Crippen LogP contribution >= 0.6 is 0 Å². The Morgan fingerprint density at radius 3 is 2.69 bits per heavy atom. The first kappa shape index (κ1) is 12.4. The van der Waals surface area contributed by atoms with E-state index in [2.05, 4.69) is 25.7 Å². The Morgan fingerprint density at radius 1 is 1.15 bits per heavy atom. The normalized spacial score (nSPS) is 10.8. The van der Waals surface area contributed by atoms with Crippen LogP contribution in [0.15, 0.2) is 24.8 Å². The summed E-state index contributed by atoms with van der Waals surface area (Å²) in [7, 11) is 0. The van der Waals surface area contributed by atoms with E-state index in [-0.39, 0.29) is 0 Å². The van der Waals surface area contributed by atoms with E-state index in [1.807, 2.05) is 6.08 Å². The van der Waals surface area contributed by atoms with Gasteiger partial charge in [-0.3, -0.25) is 0 Å². The smallest absolute Gasteiger partial charge is 0.0647 e. The average molecular weight is 182 g/mol. The third-order valence-corrected chi connectivity index (χ3v) is 1.80. The highest BCUT2D eigenvalue weighted by atomic mass is 16.5. The van der Waals surface area contributed by atoms with Crippen molar-refractivity contribution in [2.45, 2.75) is 39.0 Å². The molecule has 0 aliphatic heterocycles. The summed E-state index contributed by atoms with van der Waals surface area (Å²) in [5, 5.41) is 0. The number of unbranched alkanes of at least 4 members (excludes halogenated alkanes) is 3. The number of allylic oxidation sites excluding steroid dienone is 2. The van der Waals surface area contributed by atoms with Crippen molar-refractivity contribution in [2.24, 2.45) is 0 Å². The lowest BCUT2D eigenvalue weighted by Crippen LogP contribution is -1.92. The quantitative estimate of drug-likeness (QED) is 0.390. The van der Waals surface area contributed by atoms with Gasteiger partial charge in [-0.1, -0.05) is 31.6 Å². The molecule has 0 saturated heterocycles. The fourth-order valence-electron chi connectivity index (χ4n) is 0.964. The third kappa shape index (κ3) is 11.4. The molecule has 0 unspecified atom stereocenters. The number of hydrogen-bond acceptors (Lipinski definition) is 1. The van der Waals surface area contributed by atoms with Gasteiger partial charge in [-0.25, -0.2) is 0 Å². The minimum atomic E-state index is 0.772. The van der Waals surface area contributed by atoms with Crippen molar-refractivity contribution in [1.29, 1.82) is 0 Å². The summed E-state index contributed by atoms with van der Waals surface area (Å²) < 4.78 is 5.37. The second-order valence-electron chi connectivity index (χ2n) is 3.12. The van der Waals surface area contributed by atoms with Crippen LogP contribution in [0.3, 0.4) is 0 Å². The molecule has 1 heteroatoms. The Kier molecular flexibility index (Phi) is 10.9. The van der Waals surface area contributed by atoms with Crippen LogP contribution in [0.25, 0.3) is 0 Å². The molecule has 0 bridgehead atoms. The van der Waals surface area contributed by atoms with E-state index in [0.29, 0.717) is 0 Å². The van der Waals surface area contributed by atoms with E-state index in [1.54, 1.807) is 0 Å². The van der Waals surface area contributed by atoms with Crippen LogP contribution in [0, 0.1) is 0 Å². The molecule has 0 saturated carbocycles. The van der Waals surface area contributed by atoms with Crippen molar-refractivity contribution in [3.8, 4) is 0 Å². The fraction of sp³-hybridized carbons (Fsp3) is 0.667.